The summed E-state index contributed by atoms with van der Waals surface area (Å²) in [6.45, 7) is 6.42. The van der Waals surface area contributed by atoms with Gasteiger partial charge in [-0.05, 0) is 28.3 Å². The highest BCUT2D eigenvalue weighted by atomic mass is 16.2. The van der Waals surface area contributed by atoms with Crippen molar-refractivity contribution in [3.63, 3.8) is 0 Å². The molecule has 2 rings (SSSR count). The summed E-state index contributed by atoms with van der Waals surface area (Å²) < 4.78 is 0. The molecule has 6 heteroatoms. The average molecular weight is 245 g/mol. The number of carbonyl (C=O) groups excluding carboxylic acids is 1. The van der Waals surface area contributed by atoms with E-state index in [1.165, 1.54) is 5.56 Å². The SMILES string of the molecule is CC(C)(C)c1ccc(NC(=O)c2nn[nH]n2)cc1. The van der Waals surface area contributed by atoms with E-state index in [4.69, 9.17) is 0 Å². The first-order valence-electron chi connectivity index (χ1n) is 5.62. The van der Waals surface area contributed by atoms with Crippen LogP contribution >= 0.6 is 0 Å². The van der Waals surface area contributed by atoms with Crippen LogP contribution in [-0.4, -0.2) is 26.5 Å². The quantitative estimate of drug-likeness (QED) is 0.844. The molecule has 2 N–H and O–H groups in total. The second kappa shape index (κ2) is 4.56. The molecule has 2 aromatic rings. The van der Waals surface area contributed by atoms with Gasteiger partial charge in [0.15, 0.2) is 0 Å². The number of anilines is 1. The zero-order valence-corrected chi connectivity index (χ0v) is 10.6. The summed E-state index contributed by atoms with van der Waals surface area (Å²) in [6.07, 6.45) is 0. The molecular weight excluding hydrogens is 230 g/mol. The smallest absolute Gasteiger partial charge is 0.297 e. The van der Waals surface area contributed by atoms with Gasteiger partial charge in [0.05, 0.1) is 0 Å². The van der Waals surface area contributed by atoms with Gasteiger partial charge in [0.25, 0.3) is 11.7 Å². The Morgan fingerprint density at radius 2 is 1.89 bits per heavy atom. The molecule has 0 aliphatic rings. The van der Waals surface area contributed by atoms with Crippen molar-refractivity contribution < 1.29 is 4.79 Å². The minimum atomic E-state index is -0.382. The number of carbonyl (C=O) groups is 1. The Morgan fingerprint density at radius 1 is 1.22 bits per heavy atom. The van der Waals surface area contributed by atoms with Gasteiger partial charge in [-0.1, -0.05) is 32.9 Å². The van der Waals surface area contributed by atoms with E-state index in [1.54, 1.807) is 0 Å². The van der Waals surface area contributed by atoms with Gasteiger partial charge >= 0.3 is 0 Å². The van der Waals surface area contributed by atoms with E-state index in [0.717, 1.165) is 0 Å². The lowest BCUT2D eigenvalue weighted by molar-refractivity contribution is 0.101. The highest BCUT2D eigenvalue weighted by Crippen LogP contribution is 2.23. The van der Waals surface area contributed by atoms with Gasteiger partial charge in [-0.25, -0.2) is 0 Å². The van der Waals surface area contributed by atoms with Crippen LogP contribution in [0.3, 0.4) is 0 Å². The molecule has 1 amide bonds. The average Bonchev–Trinajstić information content (AvgIpc) is 2.82. The van der Waals surface area contributed by atoms with Gasteiger partial charge < -0.3 is 5.32 Å². The zero-order valence-electron chi connectivity index (χ0n) is 10.6. The van der Waals surface area contributed by atoms with Crippen molar-refractivity contribution in [3.05, 3.63) is 35.7 Å². The molecule has 18 heavy (non-hydrogen) atoms. The fourth-order valence-electron chi connectivity index (χ4n) is 1.50. The number of tetrazole rings is 1. The largest absolute Gasteiger partial charge is 0.319 e. The lowest BCUT2D eigenvalue weighted by Gasteiger charge is -2.19. The Kier molecular flexibility index (Phi) is 3.10. The molecule has 0 aliphatic carbocycles. The Bertz CT molecular complexity index is 525. The summed E-state index contributed by atoms with van der Waals surface area (Å²) in [5.74, 6) is -0.359. The second-order valence-corrected chi connectivity index (χ2v) is 5.02. The fraction of sp³-hybridized carbons (Fsp3) is 0.333. The van der Waals surface area contributed by atoms with Gasteiger partial charge in [0, 0.05) is 5.69 Å². The second-order valence-electron chi connectivity index (χ2n) is 5.02. The van der Waals surface area contributed by atoms with Gasteiger partial charge in [0.1, 0.15) is 0 Å². The number of amides is 1. The van der Waals surface area contributed by atoms with Gasteiger partial charge in [-0.3, -0.25) is 4.79 Å². The summed E-state index contributed by atoms with van der Waals surface area (Å²) in [6, 6.07) is 7.70. The maximum absolute atomic E-state index is 11.7. The van der Waals surface area contributed by atoms with Crippen molar-refractivity contribution in [2.75, 3.05) is 5.32 Å². The summed E-state index contributed by atoms with van der Waals surface area (Å²) >= 11 is 0. The molecule has 1 aromatic carbocycles. The predicted molar refractivity (Wildman–Crippen MR) is 67.3 cm³/mol. The van der Waals surface area contributed by atoms with E-state index >= 15 is 0 Å². The van der Waals surface area contributed by atoms with Crippen molar-refractivity contribution >= 4 is 11.6 Å². The minimum Gasteiger partial charge on any atom is -0.319 e. The first kappa shape index (κ1) is 12.2. The van der Waals surface area contributed by atoms with Crippen LogP contribution < -0.4 is 5.32 Å². The topological polar surface area (TPSA) is 83.6 Å². The number of nitrogens with one attached hydrogen (secondary N) is 2. The van der Waals surface area contributed by atoms with Crippen LogP contribution in [0.25, 0.3) is 0 Å². The maximum Gasteiger partial charge on any atom is 0.297 e. The van der Waals surface area contributed by atoms with E-state index < -0.39 is 0 Å². The standard InChI is InChI=1S/C12H15N5O/c1-12(2,3)8-4-6-9(7-5-8)13-11(18)10-14-16-17-15-10/h4-7H,1-3H3,(H,13,18)(H,14,15,16,17). The number of H-pyrrole nitrogens is 1. The molecule has 6 nitrogen and oxygen atoms in total. The Balaban J connectivity index is 2.09. The highest BCUT2D eigenvalue weighted by molar-refractivity contribution is 6.01. The normalized spacial score (nSPS) is 11.3. The molecule has 0 saturated carbocycles. The number of aromatic nitrogens is 4. The molecule has 0 radical (unpaired) electrons. The number of aromatic amines is 1. The molecule has 0 unspecified atom stereocenters. The molecule has 1 aromatic heterocycles. The Labute approximate surface area is 105 Å². The number of benzene rings is 1. The monoisotopic (exact) mass is 245 g/mol. The van der Waals surface area contributed by atoms with E-state index in [2.05, 4.69) is 46.7 Å². The van der Waals surface area contributed by atoms with Gasteiger partial charge in [0.2, 0.25) is 0 Å². The lowest BCUT2D eigenvalue weighted by atomic mass is 9.87. The minimum absolute atomic E-state index is 0.0231. The van der Waals surface area contributed by atoms with E-state index in [-0.39, 0.29) is 17.1 Å². The summed E-state index contributed by atoms with van der Waals surface area (Å²) in [4.78, 5) is 11.7. The van der Waals surface area contributed by atoms with E-state index in [1.807, 2.05) is 24.3 Å². The zero-order chi connectivity index (χ0) is 13.2. The maximum atomic E-state index is 11.7. The molecule has 0 atom stereocenters. The van der Waals surface area contributed by atoms with Crippen molar-refractivity contribution in [2.45, 2.75) is 26.2 Å². The van der Waals surface area contributed by atoms with Crippen LogP contribution in [0.5, 0.6) is 0 Å². The summed E-state index contributed by atoms with van der Waals surface area (Å²) in [7, 11) is 0. The molecular formula is C12H15N5O. The first-order chi connectivity index (χ1) is 8.47. The molecule has 0 saturated heterocycles. The van der Waals surface area contributed by atoms with Crippen LogP contribution in [0.4, 0.5) is 5.69 Å². The van der Waals surface area contributed by atoms with Gasteiger partial charge in [-0.2, -0.15) is 5.21 Å². The molecule has 0 bridgehead atoms. The lowest BCUT2D eigenvalue weighted by Crippen LogP contribution is -2.15. The number of rotatable bonds is 2. The first-order valence-corrected chi connectivity index (χ1v) is 5.62. The van der Waals surface area contributed by atoms with Crippen molar-refractivity contribution in [3.8, 4) is 0 Å². The fourth-order valence-corrected chi connectivity index (χ4v) is 1.50. The molecule has 0 fully saturated rings. The Morgan fingerprint density at radius 3 is 2.39 bits per heavy atom. The van der Waals surface area contributed by atoms with Crippen LogP contribution in [-0.2, 0) is 5.41 Å². The van der Waals surface area contributed by atoms with E-state index in [9.17, 15) is 4.79 Å². The molecule has 1 heterocycles. The molecule has 94 valence electrons. The van der Waals surface area contributed by atoms with Crippen molar-refractivity contribution in [1.29, 1.82) is 0 Å². The summed E-state index contributed by atoms with van der Waals surface area (Å²) in [5.41, 5.74) is 2.01. The van der Waals surface area contributed by atoms with E-state index in [0.29, 0.717) is 5.69 Å². The number of hydrogen-bond donors (Lipinski definition) is 2. The highest BCUT2D eigenvalue weighted by Gasteiger charge is 2.14. The van der Waals surface area contributed by atoms with Crippen LogP contribution in [0.1, 0.15) is 37.0 Å². The van der Waals surface area contributed by atoms with Crippen LogP contribution in [0.2, 0.25) is 0 Å². The summed E-state index contributed by atoms with van der Waals surface area (Å²) in [5, 5.41) is 15.5. The van der Waals surface area contributed by atoms with Crippen LogP contribution in [0, 0.1) is 0 Å². The predicted octanol–water partition coefficient (Wildman–Crippen LogP) is 1.75. The third kappa shape index (κ3) is 2.71. The number of nitrogens with zero attached hydrogens (tertiary/aromatic N) is 3. The molecule has 0 aliphatic heterocycles. The van der Waals surface area contributed by atoms with Crippen molar-refractivity contribution in [1.82, 2.24) is 20.6 Å². The third-order valence-electron chi connectivity index (χ3n) is 2.56. The molecule has 0 spiro atoms. The van der Waals surface area contributed by atoms with Gasteiger partial charge in [-0.15, -0.1) is 10.2 Å². The number of hydrogen-bond acceptors (Lipinski definition) is 4. The van der Waals surface area contributed by atoms with Crippen molar-refractivity contribution in [2.24, 2.45) is 0 Å². The Hall–Kier alpha value is -2.24. The van der Waals surface area contributed by atoms with Crippen LogP contribution in [0.15, 0.2) is 24.3 Å². The third-order valence-corrected chi connectivity index (χ3v) is 2.56.